The number of hydrogen-bond donors (Lipinski definition) is 2. The van der Waals surface area contributed by atoms with Crippen LogP contribution in [0.1, 0.15) is 12.5 Å². The van der Waals surface area contributed by atoms with Crippen LogP contribution in [-0.2, 0) is 4.79 Å². The van der Waals surface area contributed by atoms with Crippen molar-refractivity contribution in [3.63, 3.8) is 0 Å². The number of amides is 1. The molecule has 1 rings (SSSR count). The number of carbonyl (C=O) groups excluding carboxylic acids is 1. The fourth-order valence-electron chi connectivity index (χ4n) is 1.10. The monoisotopic (exact) mass is 219 g/mol. The molecule has 16 heavy (non-hydrogen) atoms. The van der Waals surface area contributed by atoms with Gasteiger partial charge in [-0.25, -0.2) is 0 Å². The Morgan fingerprint density at radius 1 is 1.56 bits per heavy atom. The van der Waals surface area contributed by atoms with E-state index in [1.54, 1.807) is 6.07 Å². The maximum Gasteiger partial charge on any atom is 0.217 e. The zero-order valence-corrected chi connectivity index (χ0v) is 9.20. The lowest BCUT2D eigenvalue weighted by atomic mass is 10.2. The molecule has 0 saturated carbocycles. The number of carbonyl (C=O) groups is 1. The standard InChI is InChI=1S/C12H13NO3/c1-9(14)13-7-3-4-10-8-11(15)5-6-12(10)16-2/h5-6,8,15H,7H2,1-2H3,(H,13,14). The zero-order valence-electron chi connectivity index (χ0n) is 9.20. The molecule has 4 heteroatoms. The smallest absolute Gasteiger partial charge is 0.217 e. The second-order valence-corrected chi connectivity index (χ2v) is 3.10. The molecule has 1 aromatic rings. The lowest BCUT2D eigenvalue weighted by Crippen LogP contribution is -2.19. The second-order valence-electron chi connectivity index (χ2n) is 3.10. The first-order valence-corrected chi connectivity index (χ1v) is 4.74. The minimum atomic E-state index is -0.128. The molecule has 0 fully saturated rings. The lowest BCUT2D eigenvalue weighted by Gasteiger charge is -2.02. The molecule has 1 aromatic carbocycles. The number of methoxy groups -OCH3 is 1. The highest BCUT2D eigenvalue weighted by atomic mass is 16.5. The van der Waals surface area contributed by atoms with Gasteiger partial charge in [0.15, 0.2) is 0 Å². The molecular weight excluding hydrogens is 206 g/mol. The van der Waals surface area contributed by atoms with E-state index in [1.165, 1.54) is 26.2 Å². The number of rotatable bonds is 2. The summed E-state index contributed by atoms with van der Waals surface area (Å²) in [6, 6.07) is 4.68. The third-order valence-electron chi connectivity index (χ3n) is 1.83. The third-order valence-corrected chi connectivity index (χ3v) is 1.83. The van der Waals surface area contributed by atoms with Gasteiger partial charge in [0, 0.05) is 6.92 Å². The van der Waals surface area contributed by atoms with E-state index in [0.717, 1.165) is 0 Å². The lowest BCUT2D eigenvalue weighted by molar-refractivity contribution is -0.118. The fourth-order valence-corrected chi connectivity index (χ4v) is 1.10. The number of aromatic hydroxyl groups is 1. The molecule has 0 heterocycles. The van der Waals surface area contributed by atoms with Crippen LogP contribution in [0.25, 0.3) is 0 Å². The van der Waals surface area contributed by atoms with E-state index in [4.69, 9.17) is 4.74 Å². The van der Waals surface area contributed by atoms with E-state index in [0.29, 0.717) is 11.3 Å². The molecule has 0 aliphatic carbocycles. The number of nitrogens with one attached hydrogen (secondary N) is 1. The van der Waals surface area contributed by atoms with Crippen LogP contribution >= 0.6 is 0 Å². The molecule has 0 aromatic heterocycles. The quantitative estimate of drug-likeness (QED) is 0.726. The van der Waals surface area contributed by atoms with E-state index in [9.17, 15) is 9.90 Å². The van der Waals surface area contributed by atoms with Crippen molar-refractivity contribution in [1.82, 2.24) is 5.32 Å². The Bertz CT molecular complexity index is 443. The van der Waals surface area contributed by atoms with Gasteiger partial charge in [0.2, 0.25) is 5.91 Å². The molecule has 0 saturated heterocycles. The molecule has 84 valence electrons. The molecule has 0 unspecified atom stereocenters. The van der Waals surface area contributed by atoms with Crippen molar-refractivity contribution in [3.8, 4) is 23.3 Å². The maximum atomic E-state index is 10.6. The Balaban J connectivity index is 2.78. The number of benzene rings is 1. The SMILES string of the molecule is COc1ccc(O)cc1C#CCNC(C)=O. The second kappa shape index (κ2) is 5.66. The molecule has 2 N–H and O–H groups in total. The van der Waals surface area contributed by atoms with Gasteiger partial charge in [0.1, 0.15) is 11.5 Å². The third kappa shape index (κ3) is 3.54. The summed E-state index contributed by atoms with van der Waals surface area (Å²) in [5.41, 5.74) is 0.591. The number of ether oxygens (including phenoxy) is 1. The first-order valence-electron chi connectivity index (χ1n) is 4.74. The van der Waals surface area contributed by atoms with E-state index in [-0.39, 0.29) is 18.2 Å². The predicted molar refractivity (Wildman–Crippen MR) is 60.2 cm³/mol. The maximum absolute atomic E-state index is 10.6. The van der Waals surface area contributed by atoms with Crippen LogP contribution in [0.4, 0.5) is 0 Å². The van der Waals surface area contributed by atoms with E-state index < -0.39 is 0 Å². The van der Waals surface area contributed by atoms with Crippen molar-refractivity contribution in [1.29, 1.82) is 0 Å². The molecule has 1 amide bonds. The van der Waals surface area contributed by atoms with Gasteiger partial charge in [0.25, 0.3) is 0 Å². The van der Waals surface area contributed by atoms with E-state index in [2.05, 4.69) is 17.2 Å². The first-order chi connectivity index (χ1) is 7.63. The highest BCUT2D eigenvalue weighted by Gasteiger charge is 2.00. The summed E-state index contributed by atoms with van der Waals surface area (Å²) in [4.78, 5) is 10.6. The molecule has 0 bridgehead atoms. The largest absolute Gasteiger partial charge is 0.508 e. The van der Waals surface area contributed by atoms with Crippen molar-refractivity contribution in [2.45, 2.75) is 6.92 Å². The summed E-state index contributed by atoms with van der Waals surface area (Å²) in [5.74, 6) is 6.17. The molecule has 0 aliphatic heterocycles. The van der Waals surface area contributed by atoms with Crippen molar-refractivity contribution < 1.29 is 14.6 Å². The predicted octanol–water partition coefficient (Wildman–Crippen LogP) is 0.888. The average molecular weight is 219 g/mol. The molecule has 0 spiro atoms. The van der Waals surface area contributed by atoms with Gasteiger partial charge in [-0.05, 0) is 18.2 Å². The Labute approximate surface area is 94.2 Å². The number of hydrogen-bond acceptors (Lipinski definition) is 3. The van der Waals surface area contributed by atoms with Gasteiger partial charge >= 0.3 is 0 Å². The zero-order chi connectivity index (χ0) is 12.0. The van der Waals surface area contributed by atoms with Crippen LogP contribution in [0.3, 0.4) is 0 Å². The topological polar surface area (TPSA) is 58.6 Å². The molecule has 0 aliphatic rings. The Kier molecular flexibility index (Phi) is 4.22. The van der Waals surface area contributed by atoms with Crippen LogP contribution in [0.2, 0.25) is 0 Å². The molecule has 0 atom stereocenters. The number of phenolic OH excluding ortho intramolecular Hbond substituents is 1. The molecule has 4 nitrogen and oxygen atoms in total. The van der Waals surface area contributed by atoms with E-state index in [1.807, 2.05) is 0 Å². The van der Waals surface area contributed by atoms with Crippen LogP contribution in [-0.4, -0.2) is 24.7 Å². The van der Waals surface area contributed by atoms with Crippen molar-refractivity contribution >= 4 is 5.91 Å². The van der Waals surface area contributed by atoms with Crippen molar-refractivity contribution in [2.75, 3.05) is 13.7 Å². The Morgan fingerprint density at radius 3 is 2.94 bits per heavy atom. The summed E-state index contributed by atoms with van der Waals surface area (Å²) < 4.78 is 5.08. The first kappa shape index (κ1) is 11.9. The summed E-state index contributed by atoms with van der Waals surface area (Å²) in [6.45, 7) is 1.70. The minimum absolute atomic E-state index is 0.128. The van der Waals surface area contributed by atoms with Gasteiger partial charge in [0.05, 0.1) is 19.2 Å². The summed E-state index contributed by atoms with van der Waals surface area (Å²) in [5, 5.41) is 11.8. The molecule has 0 radical (unpaired) electrons. The van der Waals surface area contributed by atoms with Crippen LogP contribution in [0.15, 0.2) is 18.2 Å². The summed E-state index contributed by atoms with van der Waals surface area (Å²) in [6.07, 6.45) is 0. The highest BCUT2D eigenvalue weighted by molar-refractivity contribution is 5.73. The van der Waals surface area contributed by atoms with Gasteiger partial charge in [-0.3, -0.25) is 4.79 Å². The normalized spacial score (nSPS) is 8.88. The van der Waals surface area contributed by atoms with Crippen molar-refractivity contribution in [2.24, 2.45) is 0 Å². The highest BCUT2D eigenvalue weighted by Crippen LogP contribution is 2.21. The van der Waals surface area contributed by atoms with Crippen molar-refractivity contribution in [3.05, 3.63) is 23.8 Å². The Morgan fingerprint density at radius 2 is 2.31 bits per heavy atom. The van der Waals surface area contributed by atoms with Crippen LogP contribution in [0.5, 0.6) is 11.5 Å². The van der Waals surface area contributed by atoms with Gasteiger partial charge < -0.3 is 15.2 Å². The average Bonchev–Trinajstić information content (AvgIpc) is 2.24. The van der Waals surface area contributed by atoms with Gasteiger partial charge in [-0.2, -0.15) is 0 Å². The van der Waals surface area contributed by atoms with Crippen LogP contribution in [0, 0.1) is 11.8 Å². The van der Waals surface area contributed by atoms with E-state index >= 15 is 0 Å². The molecular formula is C12H13NO3. The summed E-state index contributed by atoms with van der Waals surface area (Å²) in [7, 11) is 1.53. The fraction of sp³-hybridized carbons (Fsp3) is 0.250. The summed E-state index contributed by atoms with van der Waals surface area (Å²) >= 11 is 0. The number of phenols is 1. The van der Waals surface area contributed by atoms with Gasteiger partial charge in [-0.1, -0.05) is 11.8 Å². The minimum Gasteiger partial charge on any atom is -0.508 e. The Hall–Kier alpha value is -2.15. The van der Waals surface area contributed by atoms with Gasteiger partial charge in [-0.15, -0.1) is 0 Å². The van der Waals surface area contributed by atoms with Crippen LogP contribution < -0.4 is 10.1 Å².